The number of carbonyl (C=O) groups is 2. The van der Waals surface area contributed by atoms with Crippen LogP contribution in [0.4, 0.5) is 4.79 Å². The van der Waals surface area contributed by atoms with Crippen molar-refractivity contribution in [2.24, 2.45) is 7.05 Å². The van der Waals surface area contributed by atoms with Gasteiger partial charge in [-0.2, -0.15) is 0 Å². The molecule has 1 aromatic heterocycles. The Bertz CT molecular complexity index is 446. The summed E-state index contributed by atoms with van der Waals surface area (Å²) in [6, 6.07) is 0. The van der Waals surface area contributed by atoms with Crippen molar-refractivity contribution in [3.8, 4) is 0 Å². The van der Waals surface area contributed by atoms with Crippen LogP contribution in [0.2, 0.25) is 0 Å². The average Bonchev–Trinajstić information content (AvgIpc) is 2.62. The molecule has 0 aliphatic carbocycles. The number of carbonyl (C=O) groups excluding carboxylic acids is 2. The molecule has 100 valence electrons. The number of ketones is 1. The maximum Gasteiger partial charge on any atom is 0.410 e. The normalized spacial score (nSPS) is 11.2. The molecule has 0 spiro atoms. The maximum absolute atomic E-state index is 11.8. The van der Waals surface area contributed by atoms with Crippen molar-refractivity contribution in [1.82, 2.24) is 14.5 Å². The van der Waals surface area contributed by atoms with E-state index in [4.69, 9.17) is 4.74 Å². The second-order valence-corrected chi connectivity index (χ2v) is 5.18. The zero-order valence-corrected chi connectivity index (χ0v) is 11.4. The number of imidazole rings is 1. The lowest BCUT2D eigenvalue weighted by molar-refractivity contribution is 0.0294. The summed E-state index contributed by atoms with van der Waals surface area (Å²) < 4.78 is 6.83. The minimum Gasteiger partial charge on any atom is -0.444 e. The number of hydrogen-bond donors (Lipinski definition) is 0. The second-order valence-electron chi connectivity index (χ2n) is 5.18. The number of rotatable bonds is 3. The summed E-state index contributed by atoms with van der Waals surface area (Å²) in [5, 5.41) is 0. The van der Waals surface area contributed by atoms with Crippen molar-refractivity contribution in [1.29, 1.82) is 0 Å². The van der Waals surface area contributed by atoms with E-state index in [2.05, 4.69) is 4.98 Å². The van der Waals surface area contributed by atoms with Gasteiger partial charge in [0.2, 0.25) is 5.78 Å². The summed E-state index contributed by atoms with van der Waals surface area (Å²) >= 11 is 0. The molecule has 0 radical (unpaired) electrons. The molecule has 0 aliphatic rings. The fourth-order valence-electron chi connectivity index (χ4n) is 1.26. The van der Waals surface area contributed by atoms with E-state index in [9.17, 15) is 9.59 Å². The Morgan fingerprint density at radius 3 is 2.50 bits per heavy atom. The lowest BCUT2D eigenvalue weighted by Gasteiger charge is -2.24. The molecule has 0 atom stereocenters. The number of Topliss-reactive ketones (excluding diaryl/α,β-unsaturated/α-hetero) is 1. The van der Waals surface area contributed by atoms with Gasteiger partial charge in [-0.3, -0.25) is 4.79 Å². The van der Waals surface area contributed by atoms with E-state index >= 15 is 0 Å². The Hall–Kier alpha value is -1.85. The molecule has 0 saturated heterocycles. The van der Waals surface area contributed by atoms with E-state index in [-0.39, 0.29) is 12.3 Å². The molecule has 0 aromatic carbocycles. The third-order valence-electron chi connectivity index (χ3n) is 2.08. The van der Waals surface area contributed by atoms with Crippen molar-refractivity contribution < 1.29 is 14.3 Å². The average molecular weight is 253 g/mol. The number of likely N-dealkylation sites (N-methyl/N-ethyl adjacent to an activating group) is 1. The molecule has 0 unspecified atom stereocenters. The summed E-state index contributed by atoms with van der Waals surface area (Å²) in [4.78, 5) is 28.6. The summed E-state index contributed by atoms with van der Waals surface area (Å²) in [7, 11) is 3.30. The van der Waals surface area contributed by atoms with E-state index in [0.29, 0.717) is 5.69 Å². The SMILES string of the molecule is CN(CC(=O)c1cn(C)cn1)C(=O)OC(C)(C)C. The highest BCUT2D eigenvalue weighted by Crippen LogP contribution is 2.09. The molecule has 6 heteroatoms. The van der Waals surface area contributed by atoms with E-state index < -0.39 is 11.7 Å². The Morgan fingerprint density at radius 2 is 2.06 bits per heavy atom. The summed E-state index contributed by atoms with van der Waals surface area (Å²) in [6.07, 6.45) is 2.64. The maximum atomic E-state index is 11.8. The van der Waals surface area contributed by atoms with Gasteiger partial charge in [0.25, 0.3) is 0 Å². The highest BCUT2D eigenvalue weighted by atomic mass is 16.6. The van der Waals surface area contributed by atoms with Gasteiger partial charge in [0.15, 0.2) is 0 Å². The van der Waals surface area contributed by atoms with Crippen molar-refractivity contribution in [2.45, 2.75) is 26.4 Å². The van der Waals surface area contributed by atoms with Gasteiger partial charge in [-0.15, -0.1) is 0 Å². The van der Waals surface area contributed by atoms with Crippen molar-refractivity contribution >= 4 is 11.9 Å². The minimum atomic E-state index is -0.570. The molecule has 6 nitrogen and oxygen atoms in total. The van der Waals surface area contributed by atoms with Crippen LogP contribution in [0.15, 0.2) is 12.5 Å². The standard InChI is InChI=1S/C12H19N3O3/c1-12(2,3)18-11(17)15(5)7-10(16)9-6-14(4)8-13-9/h6,8H,7H2,1-5H3. The topological polar surface area (TPSA) is 64.4 Å². The van der Waals surface area contributed by atoms with Gasteiger partial charge in [0.05, 0.1) is 12.9 Å². The Balaban J connectivity index is 2.57. The minimum absolute atomic E-state index is 0.0497. The number of ether oxygens (including phenoxy) is 1. The number of amides is 1. The van der Waals surface area contributed by atoms with Gasteiger partial charge in [0, 0.05) is 20.3 Å². The first-order valence-corrected chi connectivity index (χ1v) is 5.64. The van der Waals surface area contributed by atoms with E-state index in [1.807, 2.05) is 0 Å². The van der Waals surface area contributed by atoms with Crippen LogP contribution in [-0.2, 0) is 11.8 Å². The predicted octanol–water partition coefficient (Wildman–Crippen LogP) is 1.47. The number of nitrogens with zero attached hydrogens (tertiary/aromatic N) is 3. The molecule has 1 rings (SSSR count). The van der Waals surface area contributed by atoms with E-state index in [1.54, 1.807) is 44.9 Å². The molecule has 0 N–H and O–H groups in total. The van der Waals surface area contributed by atoms with Gasteiger partial charge >= 0.3 is 6.09 Å². The quantitative estimate of drug-likeness (QED) is 0.765. The van der Waals surface area contributed by atoms with E-state index in [1.165, 1.54) is 11.9 Å². The molecular formula is C12H19N3O3. The van der Waals surface area contributed by atoms with E-state index in [0.717, 1.165) is 0 Å². The fraction of sp³-hybridized carbons (Fsp3) is 0.583. The molecule has 1 amide bonds. The molecular weight excluding hydrogens is 234 g/mol. The molecule has 1 aromatic rings. The highest BCUT2D eigenvalue weighted by molar-refractivity contribution is 5.97. The molecule has 0 saturated carbocycles. The fourth-order valence-corrected chi connectivity index (χ4v) is 1.26. The lowest BCUT2D eigenvalue weighted by Crippen LogP contribution is -2.37. The van der Waals surface area contributed by atoms with Gasteiger partial charge in [-0.05, 0) is 20.8 Å². The van der Waals surface area contributed by atoms with Crippen LogP contribution in [0.25, 0.3) is 0 Å². The summed E-state index contributed by atoms with van der Waals surface area (Å²) in [6.45, 7) is 5.28. The molecule has 18 heavy (non-hydrogen) atoms. The van der Waals surface area contributed by atoms with Gasteiger partial charge in [-0.25, -0.2) is 9.78 Å². The lowest BCUT2D eigenvalue weighted by atomic mass is 10.2. The second kappa shape index (κ2) is 5.20. The first-order chi connectivity index (χ1) is 8.19. The number of aromatic nitrogens is 2. The van der Waals surface area contributed by atoms with Gasteiger partial charge < -0.3 is 14.2 Å². The molecule has 0 bridgehead atoms. The molecule has 1 heterocycles. The van der Waals surface area contributed by atoms with Gasteiger partial charge in [-0.1, -0.05) is 0 Å². The Kier molecular flexibility index (Phi) is 4.11. The Morgan fingerprint density at radius 1 is 1.44 bits per heavy atom. The monoisotopic (exact) mass is 253 g/mol. The summed E-state index contributed by atoms with van der Waals surface area (Å²) in [5.74, 6) is -0.219. The van der Waals surface area contributed by atoms with Crippen molar-refractivity contribution in [3.63, 3.8) is 0 Å². The largest absolute Gasteiger partial charge is 0.444 e. The smallest absolute Gasteiger partial charge is 0.410 e. The highest BCUT2D eigenvalue weighted by Gasteiger charge is 2.22. The van der Waals surface area contributed by atoms with Crippen LogP contribution < -0.4 is 0 Å². The zero-order valence-electron chi connectivity index (χ0n) is 11.4. The van der Waals surface area contributed by atoms with Crippen LogP contribution in [0, 0.1) is 0 Å². The van der Waals surface area contributed by atoms with Crippen LogP contribution in [0.1, 0.15) is 31.3 Å². The van der Waals surface area contributed by atoms with Crippen LogP contribution >= 0.6 is 0 Å². The predicted molar refractivity (Wildman–Crippen MR) is 66.4 cm³/mol. The first kappa shape index (κ1) is 14.2. The third-order valence-corrected chi connectivity index (χ3v) is 2.08. The van der Waals surface area contributed by atoms with Crippen LogP contribution in [0.5, 0.6) is 0 Å². The Labute approximate surface area is 107 Å². The number of hydrogen-bond acceptors (Lipinski definition) is 4. The number of aryl methyl sites for hydroxylation is 1. The third kappa shape index (κ3) is 4.20. The molecule has 0 fully saturated rings. The first-order valence-electron chi connectivity index (χ1n) is 5.64. The van der Waals surface area contributed by atoms with Crippen molar-refractivity contribution in [2.75, 3.05) is 13.6 Å². The van der Waals surface area contributed by atoms with Crippen LogP contribution in [0.3, 0.4) is 0 Å². The van der Waals surface area contributed by atoms with Crippen LogP contribution in [-0.4, -0.2) is 45.5 Å². The summed E-state index contributed by atoms with van der Waals surface area (Å²) in [5.41, 5.74) is -0.229. The van der Waals surface area contributed by atoms with Crippen molar-refractivity contribution in [3.05, 3.63) is 18.2 Å². The van der Waals surface area contributed by atoms with Gasteiger partial charge in [0.1, 0.15) is 11.3 Å². The zero-order chi connectivity index (χ0) is 13.9. The molecule has 0 aliphatic heterocycles.